The van der Waals surface area contributed by atoms with Gasteiger partial charge in [-0.3, -0.25) is 5.32 Å². The van der Waals surface area contributed by atoms with Gasteiger partial charge < -0.3 is 19.5 Å². The predicted octanol–water partition coefficient (Wildman–Crippen LogP) is 3.57. The molecule has 0 radical (unpaired) electrons. The van der Waals surface area contributed by atoms with Crippen molar-refractivity contribution < 1.29 is 32.5 Å². The number of aromatic nitrogens is 1. The van der Waals surface area contributed by atoms with Crippen LogP contribution in [0, 0.1) is 17.5 Å². The van der Waals surface area contributed by atoms with Gasteiger partial charge in [0.2, 0.25) is 5.82 Å². The molecule has 7 nitrogen and oxygen atoms in total. The molecule has 0 saturated carbocycles. The molecule has 2 heterocycles. The number of nitrogens with one attached hydrogen (secondary N) is 1. The van der Waals surface area contributed by atoms with Gasteiger partial charge in [-0.2, -0.15) is 4.39 Å². The van der Waals surface area contributed by atoms with Gasteiger partial charge in [0.15, 0.2) is 28.3 Å². The molecule has 164 valence electrons. The topological polar surface area (TPSA) is 83.9 Å². The Bertz CT molecular complexity index is 888. The maximum absolute atomic E-state index is 13.8. The fourth-order valence-corrected chi connectivity index (χ4v) is 3.84. The summed E-state index contributed by atoms with van der Waals surface area (Å²) in [6.45, 7) is 0.820. The molecule has 1 aliphatic heterocycles. The normalized spacial score (nSPS) is 14.6. The molecule has 3 rings (SSSR count). The van der Waals surface area contributed by atoms with Crippen LogP contribution in [0.25, 0.3) is 0 Å². The Balaban J connectivity index is 1.54. The Labute approximate surface area is 175 Å². The molecule has 1 aromatic carbocycles. The lowest BCUT2D eigenvalue weighted by Crippen LogP contribution is -2.43. The van der Waals surface area contributed by atoms with Crippen molar-refractivity contribution in [2.24, 2.45) is 0 Å². The number of nitrogens with zero attached hydrogens (tertiary/aromatic N) is 2. The van der Waals surface area contributed by atoms with E-state index < -0.39 is 29.3 Å². The van der Waals surface area contributed by atoms with E-state index in [1.165, 1.54) is 11.3 Å². The zero-order chi connectivity index (χ0) is 21.7. The second kappa shape index (κ2) is 9.98. The van der Waals surface area contributed by atoms with Crippen LogP contribution in [-0.4, -0.2) is 53.9 Å². The van der Waals surface area contributed by atoms with E-state index in [1.54, 1.807) is 4.90 Å². The number of piperidine rings is 1. The summed E-state index contributed by atoms with van der Waals surface area (Å²) in [5, 5.41) is 13.9. The molecule has 1 fully saturated rings. The zero-order valence-corrected chi connectivity index (χ0v) is 17.1. The highest BCUT2D eigenvalue weighted by Crippen LogP contribution is 2.35. The van der Waals surface area contributed by atoms with Crippen LogP contribution in [0.3, 0.4) is 0 Å². The number of hydrogen-bond acceptors (Lipinski definition) is 6. The van der Waals surface area contributed by atoms with Crippen LogP contribution in [0.4, 0.5) is 23.1 Å². The first kappa shape index (κ1) is 22.2. The van der Waals surface area contributed by atoms with E-state index in [-0.39, 0.29) is 18.4 Å². The molecule has 2 N–H and O–H groups in total. The average molecular weight is 445 g/mol. The minimum Gasteiger partial charge on any atom is -0.490 e. The van der Waals surface area contributed by atoms with E-state index in [1.807, 2.05) is 5.38 Å². The Morgan fingerprint density at radius 3 is 2.73 bits per heavy atom. The maximum Gasteiger partial charge on any atom is 0.323 e. The Morgan fingerprint density at radius 1 is 1.33 bits per heavy atom. The Morgan fingerprint density at radius 2 is 2.07 bits per heavy atom. The molecular formula is C19H22F3N3O4S. The van der Waals surface area contributed by atoms with E-state index in [0.29, 0.717) is 43.9 Å². The zero-order valence-electron chi connectivity index (χ0n) is 16.3. The van der Waals surface area contributed by atoms with Crippen molar-refractivity contribution in [2.75, 3.05) is 32.1 Å². The number of hydrogen-bond donors (Lipinski definition) is 2. The van der Waals surface area contributed by atoms with Gasteiger partial charge in [-0.15, -0.1) is 11.3 Å². The Kier molecular flexibility index (Phi) is 7.38. The molecule has 0 spiro atoms. The third kappa shape index (κ3) is 5.14. The highest BCUT2D eigenvalue weighted by atomic mass is 32.1. The van der Waals surface area contributed by atoms with Gasteiger partial charge in [-0.25, -0.2) is 18.6 Å². The number of amides is 2. The van der Waals surface area contributed by atoms with Crippen LogP contribution in [0.15, 0.2) is 11.4 Å². The first-order valence-electron chi connectivity index (χ1n) is 9.42. The van der Waals surface area contributed by atoms with Crippen LogP contribution in [0.5, 0.6) is 11.5 Å². The summed E-state index contributed by atoms with van der Waals surface area (Å²) >= 11 is 1.31. The number of aliphatic hydroxyl groups excluding tert-OH is 1. The molecular weight excluding hydrogens is 423 g/mol. The van der Waals surface area contributed by atoms with Crippen molar-refractivity contribution in [1.29, 1.82) is 0 Å². The molecule has 11 heteroatoms. The highest BCUT2D eigenvalue weighted by molar-refractivity contribution is 7.13. The summed E-state index contributed by atoms with van der Waals surface area (Å²) in [4.78, 5) is 18.3. The largest absolute Gasteiger partial charge is 0.490 e. The summed E-state index contributed by atoms with van der Waals surface area (Å²) in [6.07, 6.45) is 1.70. The molecule has 1 aromatic heterocycles. The summed E-state index contributed by atoms with van der Waals surface area (Å²) < 4.78 is 51.1. The fraction of sp³-hybridized carbons (Fsp3) is 0.474. The average Bonchev–Trinajstić information content (AvgIpc) is 3.18. The number of aryl methyl sites for hydroxylation is 1. The summed E-state index contributed by atoms with van der Waals surface area (Å²) in [5.74, 6) is -5.12. The highest BCUT2D eigenvalue weighted by Gasteiger charge is 2.27. The number of ether oxygens (including phenoxy) is 2. The van der Waals surface area contributed by atoms with Crippen LogP contribution < -0.4 is 14.8 Å². The predicted molar refractivity (Wildman–Crippen MR) is 105 cm³/mol. The van der Waals surface area contributed by atoms with Crippen LogP contribution in [-0.2, 0) is 6.42 Å². The number of thiazole rings is 1. The van der Waals surface area contributed by atoms with Gasteiger partial charge in [0.1, 0.15) is 6.10 Å². The van der Waals surface area contributed by atoms with Gasteiger partial charge in [-0.05, 0) is 12.8 Å². The second-order valence-electron chi connectivity index (χ2n) is 6.72. The molecule has 2 amide bonds. The third-order valence-electron chi connectivity index (χ3n) is 4.67. The van der Waals surface area contributed by atoms with E-state index in [0.717, 1.165) is 18.9 Å². The number of carbonyl (C=O) groups is 1. The van der Waals surface area contributed by atoms with Gasteiger partial charge in [-0.1, -0.05) is 0 Å². The van der Waals surface area contributed by atoms with Gasteiger partial charge in [0.25, 0.3) is 0 Å². The Hall–Kier alpha value is -2.53. The minimum atomic E-state index is -1.62. The maximum atomic E-state index is 13.8. The van der Waals surface area contributed by atoms with Crippen molar-refractivity contribution in [1.82, 2.24) is 9.88 Å². The molecule has 0 unspecified atom stereocenters. The van der Waals surface area contributed by atoms with Crippen molar-refractivity contribution in [2.45, 2.75) is 31.8 Å². The number of urea groups is 1. The molecule has 1 saturated heterocycles. The van der Waals surface area contributed by atoms with Crippen LogP contribution in [0.1, 0.15) is 25.0 Å². The molecule has 0 bridgehead atoms. The van der Waals surface area contributed by atoms with Crippen molar-refractivity contribution >= 4 is 22.5 Å². The van der Waals surface area contributed by atoms with E-state index in [9.17, 15) is 18.0 Å². The van der Waals surface area contributed by atoms with E-state index in [4.69, 9.17) is 14.6 Å². The van der Waals surface area contributed by atoms with Gasteiger partial charge in [0, 0.05) is 44.0 Å². The lowest BCUT2D eigenvalue weighted by atomic mass is 10.1. The first-order chi connectivity index (χ1) is 14.4. The molecule has 0 atom stereocenters. The van der Waals surface area contributed by atoms with Gasteiger partial charge >= 0.3 is 6.03 Å². The standard InChI is InChI=1S/C19H22F3N3O4S/c1-28-17-14(9-13(20)15(21)16(17)22)29-12-4-6-25(7-5-12)19(27)24-18-23-11(10-30-18)3-2-8-26/h9-10,12,26H,2-8H2,1H3,(H,23,24,27). The van der Waals surface area contributed by atoms with Crippen LogP contribution in [0.2, 0.25) is 0 Å². The van der Waals surface area contributed by atoms with E-state index in [2.05, 4.69) is 10.3 Å². The lowest BCUT2D eigenvalue weighted by Gasteiger charge is -2.32. The number of rotatable bonds is 7. The first-order valence-corrected chi connectivity index (χ1v) is 10.3. The summed E-state index contributed by atoms with van der Waals surface area (Å²) in [5.41, 5.74) is 0.809. The number of anilines is 1. The smallest absolute Gasteiger partial charge is 0.323 e. The SMILES string of the molecule is COc1c(OC2CCN(C(=O)Nc3nc(CCCO)cs3)CC2)cc(F)c(F)c1F. The van der Waals surface area contributed by atoms with Crippen LogP contribution >= 0.6 is 11.3 Å². The van der Waals surface area contributed by atoms with Gasteiger partial charge in [0.05, 0.1) is 12.8 Å². The van der Waals surface area contributed by atoms with Crippen molar-refractivity contribution in [3.8, 4) is 11.5 Å². The van der Waals surface area contributed by atoms with E-state index >= 15 is 0 Å². The van der Waals surface area contributed by atoms with Crippen molar-refractivity contribution in [3.05, 3.63) is 34.6 Å². The number of aliphatic hydroxyl groups is 1. The van der Waals surface area contributed by atoms with Crippen molar-refractivity contribution in [3.63, 3.8) is 0 Å². The molecule has 2 aromatic rings. The summed E-state index contributed by atoms with van der Waals surface area (Å²) in [7, 11) is 1.14. The molecule has 1 aliphatic rings. The third-order valence-corrected chi connectivity index (χ3v) is 5.47. The fourth-order valence-electron chi connectivity index (χ4n) is 3.10. The summed E-state index contributed by atoms with van der Waals surface area (Å²) in [6, 6.07) is 0.459. The number of benzene rings is 1. The lowest BCUT2D eigenvalue weighted by molar-refractivity contribution is 0.111. The monoisotopic (exact) mass is 445 g/mol. The minimum absolute atomic E-state index is 0.0827. The number of carbonyl (C=O) groups excluding carboxylic acids is 1. The molecule has 30 heavy (non-hydrogen) atoms. The number of methoxy groups -OCH3 is 1. The molecule has 0 aliphatic carbocycles. The number of halogens is 3. The quantitative estimate of drug-likeness (QED) is 0.637. The second-order valence-corrected chi connectivity index (χ2v) is 7.58. The number of likely N-dealkylation sites (tertiary alicyclic amines) is 1.